The minimum absolute atomic E-state index is 0.0699. The summed E-state index contributed by atoms with van der Waals surface area (Å²) in [6.45, 7) is 1.94. The Balaban J connectivity index is 1.54. The molecule has 1 aliphatic carbocycles. The molecule has 1 amide bonds. The first-order valence-corrected chi connectivity index (χ1v) is 8.80. The molecule has 0 radical (unpaired) electrons. The maximum Gasteiger partial charge on any atom is 0.311 e. The van der Waals surface area contributed by atoms with Gasteiger partial charge in [-0.1, -0.05) is 6.42 Å². The predicted octanol–water partition coefficient (Wildman–Crippen LogP) is 1.10. The van der Waals surface area contributed by atoms with Crippen molar-refractivity contribution in [1.82, 2.24) is 14.7 Å². The number of aromatic nitrogens is 2. The van der Waals surface area contributed by atoms with Crippen molar-refractivity contribution in [3.63, 3.8) is 0 Å². The Morgan fingerprint density at radius 1 is 1.38 bits per heavy atom. The Kier molecular flexibility index (Phi) is 3.63. The van der Waals surface area contributed by atoms with Gasteiger partial charge in [-0.25, -0.2) is 0 Å². The maximum absolute atomic E-state index is 13.0. The number of rotatable bonds is 3. The van der Waals surface area contributed by atoms with E-state index < -0.39 is 11.4 Å². The molecule has 3 aliphatic rings. The zero-order valence-electron chi connectivity index (χ0n) is 14.0. The summed E-state index contributed by atoms with van der Waals surface area (Å²) in [4.78, 5) is 28.8. The van der Waals surface area contributed by atoms with E-state index in [-0.39, 0.29) is 17.9 Å². The molecule has 24 heavy (non-hydrogen) atoms. The molecular formula is C17H24N4O3. The van der Waals surface area contributed by atoms with E-state index >= 15 is 0 Å². The molecule has 0 bridgehead atoms. The molecule has 0 aromatic carbocycles. The molecular weight excluding hydrogens is 308 g/mol. The van der Waals surface area contributed by atoms with Crippen LogP contribution < -0.4 is 4.90 Å². The smallest absolute Gasteiger partial charge is 0.311 e. The average molecular weight is 332 g/mol. The number of carboxylic acid groups (broad SMARTS) is 1. The SMILES string of the molecule is Cn1ccc(N2CCCC(N3C[C@@H]4CCC[C@@]4(C(=O)O)C3)C2=O)n1. The van der Waals surface area contributed by atoms with Gasteiger partial charge in [0.15, 0.2) is 5.82 Å². The van der Waals surface area contributed by atoms with E-state index in [1.165, 1.54) is 0 Å². The highest BCUT2D eigenvalue weighted by Gasteiger charge is 2.56. The average Bonchev–Trinajstić information content (AvgIpc) is 3.21. The molecule has 3 fully saturated rings. The van der Waals surface area contributed by atoms with Crippen LogP contribution in [0, 0.1) is 11.3 Å². The third-order valence-electron chi connectivity index (χ3n) is 6.15. The normalized spacial score (nSPS) is 33.9. The van der Waals surface area contributed by atoms with E-state index in [1.54, 1.807) is 9.58 Å². The molecule has 1 unspecified atom stereocenters. The molecule has 7 nitrogen and oxygen atoms in total. The Morgan fingerprint density at radius 2 is 2.21 bits per heavy atom. The molecule has 1 aromatic rings. The van der Waals surface area contributed by atoms with E-state index in [0.29, 0.717) is 18.9 Å². The van der Waals surface area contributed by atoms with E-state index in [9.17, 15) is 14.7 Å². The summed E-state index contributed by atoms with van der Waals surface area (Å²) in [6.07, 6.45) is 6.27. The highest BCUT2D eigenvalue weighted by molar-refractivity contribution is 5.97. The number of piperidine rings is 1. The second-order valence-corrected chi connectivity index (χ2v) is 7.48. The first-order valence-electron chi connectivity index (χ1n) is 8.80. The van der Waals surface area contributed by atoms with E-state index in [4.69, 9.17) is 0 Å². The summed E-state index contributed by atoms with van der Waals surface area (Å²) >= 11 is 0. The molecule has 2 saturated heterocycles. The van der Waals surface area contributed by atoms with Crippen LogP contribution in [0.15, 0.2) is 12.3 Å². The minimum atomic E-state index is -0.683. The van der Waals surface area contributed by atoms with Crippen molar-refractivity contribution >= 4 is 17.7 Å². The summed E-state index contributed by atoms with van der Waals surface area (Å²) < 4.78 is 1.70. The summed E-state index contributed by atoms with van der Waals surface area (Å²) in [6, 6.07) is 1.65. The summed E-state index contributed by atoms with van der Waals surface area (Å²) in [5.74, 6) is 0.269. The van der Waals surface area contributed by atoms with Crippen molar-refractivity contribution < 1.29 is 14.7 Å². The Hall–Kier alpha value is -1.89. The van der Waals surface area contributed by atoms with Crippen LogP contribution in [-0.4, -0.2) is 57.3 Å². The van der Waals surface area contributed by atoms with E-state index in [2.05, 4.69) is 10.00 Å². The van der Waals surface area contributed by atoms with Gasteiger partial charge in [0, 0.05) is 38.9 Å². The van der Waals surface area contributed by atoms with Crippen LogP contribution in [-0.2, 0) is 16.6 Å². The zero-order valence-corrected chi connectivity index (χ0v) is 14.0. The van der Waals surface area contributed by atoms with Crippen LogP contribution in [0.25, 0.3) is 0 Å². The first kappa shape index (κ1) is 15.6. The molecule has 4 rings (SSSR count). The lowest BCUT2D eigenvalue weighted by molar-refractivity contribution is -0.149. The van der Waals surface area contributed by atoms with Gasteiger partial charge >= 0.3 is 5.97 Å². The number of likely N-dealkylation sites (tertiary alicyclic amines) is 1. The second-order valence-electron chi connectivity index (χ2n) is 7.48. The molecule has 130 valence electrons. The molecule has 3 heterocycles. The fourth-order valence-electron chi connectivity index (χ4n) is 4.88. The number of hydrogen-bond donors (Lipinski definition) is 1. The number of anilines is 1. The fraction of sp³-hybridized carbons (Fsp3) is 0.706. The number of fused-ring (bicyclic) bond motifs is 1. The quantitative estimate of drug-likeness (QED) is 0.897. The largest absolute Gasteiger partial charge is 0.481 e. The number of carbonyl (C=O) groups excluding carboxylic acids is 1. The van der Waals surface area contributed by atoms with Crippen LogP contribution >= 0.6 is 0 Å². The number of amides is 1. The van der Waals surface area contributed by atoms with Crippen LogP contribution in [0.5, 0.6) is 0 Å². The molecule has 1 saturated carbocycles. The zero-order chi connectivity index (χ0) is 16.9. The lowest BCUT2D eigenvalue weighted by Crippen LogP contribution is -2.53. The topological polar surface area (TPSA) is 78.7 Å². The standard InChI is InChI=1S/C17H24N4O3/c1-19-9-6-14(18-19)21-8-3-5-13(15(21)22)20-10-12-4-2-7-17(12,11-20)16(23)24/h6,9,12-13H,2-5,7-8,10-11H2,1H3,(H,23,24)/t12-,13?,17+/m0/s1. The van der Waals surface area contributed by atoms with E-state index in [0.717, 1.165) is 38.6 Å². The van der Waals surface area contributed by atoms with Gasteiger partial charge in [-0.05, 0) is 31.6 Å². The number of aliphatic carboxylic acids is 1. The highest BCUT2D eigenvalue weighted by atomic mass is 16.4. The third-order valence-corrected chi connectivity index (χ3v) is 6.15. The van der Waals surface area contributed by atoms with Crippen molar-refractivity contribution in [3.05, 3.63) is 12.3 Å². The number of carboxylic acids is 1. The van der Waals surface area contributed by atoms with Crippen molar-refractivity contribution in [2.24, 2.45) is 18.4 Å². The first-order chi connectivity index (χ1) is 11.5. The Labute approximate surface area is 141 Å². The Morgan fingerprint density at radius 3 is 2.88 bits per heavy atom. The fourth-order valence-corrected chi connectivity index (χ4v) is 4.88. The van der Waals surface area contributed by atoms with Gasteiger partial charge in [0.05, 0.1) is 11.5 Å². The van der Waals surface area contributed by atoms with Crippen molar-refractivity contribution in [2.75, 3.05) is 24.5 Å². The highest BCUT2D eigenvalue weighted by Crippen LogP contribution is 2.49. The predicted molar refractivity (Wildman–Crippen MR) is 87.6 cm³/mol. The Bertz CT molecular complexity index is 673. The van der Waals surface area contributed by atoms with Crippen molar-refractivity contribution in [2.45, 2.75) is 38.1 Å². The molecule has 7 heteroatoms. The summed E-state index contributed by atoms with van der Waals surface area (Å²) in [7, 11) is 1.84. The molecule has 3 atom stereocenters. The number of nitrogens with zero attached hydrogens (tertiary/aromatic N) is 4. The number of aryl methyl sites for hydroxylation is 1. The van der Waals surface area contributed by atoms with Gasteiger partial charge in [-0.2, -0.15) is 5.10 Å². The van der Waals surface area contributed by atoms with Gasteiger partial charge < -0.3 is 5.11 Å². The third kappa shape index (κ3) is 2.25. The van der Waals surface area contributed by atoms with Gasteiger partial charge in [-0.15, -0.1) is 0 Å². The lowest BCUT2D eigenvalue weighted by atomic mass is 9.81. The lowest BCUT2D eigenvalue weighted by Gasteiger charge is -2.36. The van der Waals surface area contributed by atoms with Gasteiger partial charge in [0.1, 0.15) is 0 Å². The van der Waals surface area contributed by atoms with Crippen LogP contribution in [0.1, 0.15) is 32.1 Å². The van der Waals surface area contributed by atoms with Gasteiger partial charge in [0.25, 0.3) is 0 Å². The van der Waals surface area contributed by atoms with Crippen LogP contribution in [0.4, 0.5) is 5.82 Å². The summed E-state index contributed by atoms with van der Waals surface area (Å²) in [5.41, 5.74) is -0.631. The maximum atomic E-state index is 13.0. The van der Waals surface area contributed by atoms with Crippen LogP contribution in [0.3, 0.4) is 0 Å². The number of carbonyl (C=O) groups is 2. The van der Waals surface area contributed by atoms with E-state index in [1.807, 2.05) is 19.3 Å². The molecule has 1 N–H and O–H groups in total. The molecule has 2 aliphatic heterocycles. The van der Waals surface area contributed by atoms with Gasteiger partial charge in [-0.3, -0.25) is 24.1 Å². The van der Waals surface area contributed by atoms with Crippen LogP contribution in [0.2, 0.25) is 0 Å². The second kappa shape index (κ2) is 5.58. The van der Waals surface area contributed by atoms with Crippen molar-refractivity contribution in [1.29, 1.82) is 0 Å². The number of hydrogen-bond acceptors (Lipinski definition) is 4. The molecule has 1 aromatic heterocycles. The minimum Gasteiger partial charge on any atom is -0.481 e. The van der Waals surface area contributed by atoms with Gasteiger partial charge in [0.2, 0.25) is 5.91 Å². The summed E-state index contributed by atoms with van der Waals surface area (Å²) in [5, 5.41) is 14.1. The molecule has 0 spiro atoms. The van der Waals surface area contributed by atoms with Crippen molar-refractivity contribution in [3.8, 4) is 0 Å². The monoisotopic (exact) mass is 332 g/mol.